The largest absolute Gasteiger partial charge is 0.469 e. The standard InChI is InChI=1S/C32H52O2/c1-20(2)22-13-17-32(27(33)34-9)19-18-30(7)23(26(22)32)10-11-25-29(6)15-12-21(3)28(4,5)24(29)14-16-31(25,30)8/h21-26H,1,10-19H2,2-9H3/t21-,22?,23?,24?,25?,26?,29-,30+,31+,32-/m0/s1. The molecule has 34 heavy (non-hydrogen) atoms. The number of esters is 1. The van der Waals surface area contributed by atoms with Crippen LogP contribution in [0.3, 0.4) is 0 Å². The maximum absolute atomic E-state index is 13.4. The van der Waals surface area contributed by atoms with Crippen LogP contribution < -0.4 is 0 Å². The van der Waals surface area contributed by atoms with Crippen LogP contribution >= 0.6 is 0 Å². The predicted octanol–water partition coefficient (Wildman–Crippen LogP) is 8.45. The normalized spacial score (nSPS) is 53.6. The van der Waals surface area contributed by atoms with Gasteiger partial charge in [-0.1, -0.05) is 53.7 Å². The van der Waals surface area contributed by atoms with Crippen molar-refractivity contribution < 1.29 is 9.53 Å². The van der Waals surface area contributed by atoms with Crippen molar-refractivity contribution in [3.8, 4) is 0 Å². The highest BCUT2D eigenvalue weighted by Gasteiger charge is 2.71. The van der Waals surface area contributed by atoms with Gasteiger partial charge in [-0.15, -0.1) is 0 Å². The Balaban J connectivity index is 1.56. The Labute approximate surface area is 210 Å². The van der Waals surface area contributed by atoms with Gasteiger partial charge in [0.05, 0.1) is 12.5 Å². The van der Waals surface area contributed by atoms with E-state index in [0.717, 1.165) is 37.0 Å². The fourth-order valence-electron chi connectivity index (χ4n) is 11.9. The summed E-state index contributed by atoms with van der Waals surface area (Å²) >= 11 is 0. The molecule has 5 rings (SSSR count). The van der Waals surface area contributed by atoms with E-state index < -0.39 is 0 Å². The third-order valence-electron chi connectivity index (χ3n) is 14.2. The lowest BCUT2D eigenvalue weighted by atomic mass is 9.32. The number of rotatable bonds is 2. The zero-order chi connectivity index (χ0) is 24.9. The highest BCUT2D eigenvalue weighted by Crippen LogP contribution is 2.77. The molecule has 0 saturated heterocycles. The first kappa shape index (κ1) is 24.9. The average Bonchev–Trinajstić information content (AvgIpc) is 3.18. The summed E-state index contributed by atoms with van der Waals surface area (Å²) in [6.07, 6.45) is 12.5. The van der Waals surface area contributed by atoms with E-state index in [4.69, 9.17) is 4.74 Å². The number of fused-ring (bicyclic) bond motifs is 7. The molecule has 0 heterocycles. The summed E-state index contributed by atoms with van der Waals surface area (Å²) < 4.78 is 5.52. The average molecular weight is 469 g/mol. The Bertz CT molecular complexity index is 872. The van der Waals surface area contributed by atoms with E-state index in [1.165, 1.54) is 50.5 Å². The molecular weight excluding hydrogens is 416 g/mol. The number of hydrogen-bond donors (Lipinski definition) is 0. The molecule has 5 unspecified atom stereocenters. The molecule has 0 N–H and O–H groups in total. The summed E-state index contributed by atoms with van der Waals surface area (Å²) in [4.78, 5) is 13.4. The zero-order valence-corrected chi connectivity index (χ0v) is 23.6. The highest BCUT2D eigenvalue weighted by atomic mass is 16.5. The third kappa shape index (κ3) is 2.84. The van der Waals surface area contributed by atoms with Crippen LogP contribution in [0.2, 0.25) is 0 Å². The highest BCUT2D eigenvalue weighted by molar-refractivity contribution is 5.78. The molecular formula is C32H52O2. The molecule has 0 amide bonds. The van der Waals surface area contributed by atoms with Crippen molar-refractivity contribution in [2.24, 2.45) is 62.6 Å². The van der Waals surface area contributed by atoms with Gasteiger partial charge in [0.15, 0.2) is 0 Å². The molecule has 0 bridgehead atoms. The van der Waals surface area contributed by atoms with Gasteiger partial charge in [-0.05, 0) is 128 Å². The summed E-state index contributed by atoms with van der Waals surface area (Å²) in [5.41, 5.74) is 2.59. The summed E-state index contributed by atoms with van der Waals surface area (Å²) in [5, 5.41) is 0. The number of hydrogen-bond acceptors (Lipinski definition) is 2. The van der Waals surface area contributed by atoms with Gasteiger partial charge in [0.25, 0.3) is 0 Å². The first-order valence-corrected chi connectivity index (χ1v) is 14.5. The van der Waals surface area contributed by atoms with Gasteiger partial charge in [-0.25, -0.2) is 0 Å². The van der Waals surface area contributed by atoms with Crippen molar-refractivity contribution in [1.29, 1.82) is 0 Å². The molecule has 0 radical (unpaired) electrons. The Hall–Kier alpha value is -0.790. The maximum Gasteiger partial charge on any atom is 0.312 e. The number of carbonyl (C=O) groups excluding carboxylic acids is 1. The second-order valence-corrected chi connectivity index (χ2v) is 15.1. The van der Waals surface area contributed by atoms with Crippen LogP contribution in [0, 0.1) is 62.6 Å². The summed E-state index contributed by atoms with van der Waals surface area (Å²) in [5.74, 6) is 4.06. The van der Waals surface area contributed by atoms with Gasteiger partial charge in [0.2, 0.25) is 0 Å². The minimum absolute atomic E-state index is 0.0780. The van der Waals surface area contributed by atoms with Crippen molar-refractivity contribution in [2.45, 2.75) is 113 Å². The van der Waals surface area contributed by atoms with E-state index in [2.05, 4.69) is 55.0 Å². The van der Waals surface area contributed by atoms with Crippen molar-refractivity contribution in [1.82, 2.24) is 0 Å². The van der Waals surface area contributed by atoms with E-state index in [1.807, 2.05) is 0 Å². The molecule has 5 aliphatic carbocycles. The smallest absolute Gasteiger partial charge is 0.312 e. The molecule has 0 aromatic heterocycles. The third-order valence-corrected chi connectivity index (χ3v) is 14.2. The van der Waals surface area contributed by atoms with E-state index in [-0.39, 0.29) is 11.4 Å². The van der Waals surface area contributed by atoms with Gasteiger partial charge in [0.1, 0.15) is 0 Å². The van der Waals surface area contributed by atoms with Gasteiger partial charge in [-0.2, -0.15) is 0 Å². The Morgan fingerprint density at radius 2 is 1.53 bits per heavy atom. The molecule has 0 aromatic rings. The number of ether oxygens (including phenoxy) is 1. The maximum atomic E-state index is 13.4. The van der Waals surface area contributed by atoms with E-state index >= 15 is 0 Å². The second kappa shape index (κ2) is 7.61. The number of carbonyl (C=O) groups is 1. The zero-order valence-electron chi connectivity index (χ0n) is 23.6. The second-order valence-electron chi connectivity index (χ2n) is 15.1. The lowest BCUT2D eigenvalue weighted by Gasteiger charge is -2.73. The van der Waals surface area contributed by atoms with Crippen LogP contribution in [-0.4, -0.2) is 13.1 Å². The lowest BCUT2D eigenvalue weighted by molar-refractivity contribution is -0.243. The van der Waals surface area contributed by atoms with E-state index in [9.17, 15) is 4.79 Å². The van der Waals surface area contributed by atoms with Crippen molar-refractivity contribution in [3.05, 3.63) is 12.2 Å². The fraction of sp³-hybridized carbons (Fsp3) is 0.906. The van der Waals surface area contributed by atoms with Crippen LogP contribution in [0.25, 0.3) is 0 Å². The predicted molar refractivity (Wildman–Crippen MR) is 140 cm³/mol. The van der Waals surface area contributed by atoms with Crippen LogP contribution in [0.1, 0.15) is 113 Å². The molecule has 0 spiro atoms. The molecule has 5 saturated carbocycles. The topological polar surface area (TPSA) is 26.3 Å². The van der Waals surface area contributed by atoms with Gasteiger partial charge >= 0.3 is 5.97 Å². The van der Waals surface area contributed by atoms with Gasteiger partial charge in [-0.3, -0.25) is 4.79 Å². The first-order chi connectivity index (χ1) is 15.8. The van der Waals surface area contributed by atoms with Crippen LogP contribution in [0.15, 0.2) is 12.2 Å². The van der Waals surface area contributed by atoms with Crippen molar-refractivity contribution in [3.63, 3.8) is 0 Å². The van der Waals surface area contributed by atoms with Crippen molar-refractivity contribution in [2.75, 3.05) is 7.11 Å². The molecule has 2 nitrogen and oxygen atoms in total. The van der Waals surface area contributed by atoms with E-state index in [0.29, 0.717) is 39.4 Å². The molecule has 5 aliphatic rings. The molecule has 10 atom stereocenters. The monoisotopic (exact) mass is 468 g/mol. The van der Waals surface area contributed by atoms with Crippen LogP contribution in [0.4, 0.5) is 0 Å². The fourth-order valence-corrected chi connectivity index (χ4v) is 11.9. The summed E-state index contributed by atoms with van der Waals surface area (Å²) in [6, 6.07) is 0. The minimum Gasteiger partial charge on any atom is -0.469 e. The molecule has 2 heteroatoms. The van der Waals surface area contributed by atoms with Crippen LogP contribution in [-0.2, 0) is 9.53 Å². The van der Waals surface area contributed by atoms with Crippen LogP contribution in [0.5, 0.6) is 0 Å². The van der Waals surface area contributed by atoms with E-state index in [1.54, 1.807) is 7.11 Å². The summed E-state index contributed by atoms with van der Waals surface area (Å²) in [6.45, 7) is 22.4. The van der Waals surface area contributed by atoms with Gasteiger partial charge < -0.3 is 4.74 Å². The molecule has 0 aliphatic heterocycles. The summed E-state index contributed by atoms with van der Waals surface area (Å²) in [7, 11) is 1.61. The quantitative estimate of drug-likeness (QED) is 0.300. The number of allylic oxidation sites excluding steroid dienone is 1. The molecule has 192 valence electrons. The molecule has 5 fully saturated rings. The molecule has 0 aromatic carbocycles. The minimum atomic E-state index is -0.269. The first-order valence-electron chi connectivity index (χ1n) is 14.5. The Morgan fingerprint density at radius 1 is 0.824 bits per heavy atom. The van der Waals surface area contributed by atoms with Gasteiger partial charge in [0, 0.05) is 0 Å². The Morgan fingerprint density at radius 3 is 2.18 bits per heavy atom. The number of methoxy groups -OCH3 is 1. The Kier molecular flexibility index (Phi) is 5.57. The SMILES string of the molecule is C=C(C)C1CC[C@]2(C(=O)OC)CC[C@]3(C)C(CCC4[C@@]5(C)CC[C@H](C)C(C)(C)C5CC[C@]43C)C12. The lowest BCUT2D eigenvalue weighted by Crippen LogP contribution is -2.66. The van der Waals surface area contributed by atoms with Crippen molar-refractivity contribution >= 4 is 5.97 Å².